The number of ether oxygens (including phenoxy) is 1. The van der Waals surface area contributed by atoms with Crippen molar-refractivity contribution in [2.75, 3.05) is 24.5 Å². The van der Waals surface area contributed by atoms with E-state index in [2.05, 4.69) is 19.7 Å². The van der Waals surface area contributed by atoms with Crippen LogP contribution in [0.2, 0.25) is 0 Å². The molecule has 1 aliphatic heterocycles. The first-order valence-electron chi connectivity index (χ1n) is 14.7. The normalized spacial score (nSPS) is 19.0. The summed E-state index contributed by atoms with van der Waals surface area (Å²) < 4.78 is 67.2. The molecular formula is C30H31F3N6O5S2. The van der Waals surface area contributed by atoms with E-state index in [-0.39, 0.29) is 23.7 Å². The number of alkyl halides is 3. The Morgan fingerprint density at radius 1 is 1.00 bits per heavy atom. The molecule has 3 heterocycles. The molecule has 1 saturated heterocycles. The zero-order chi connectivity index (χ0) is 32.6. The van der Waals surface area contributed by atoms with Gasteiger partial charge in [0, 0.05) is 32.1 Å². The molecule has 11 nitrogen and oxygen atoms in total. The van der Waals surface area contributed by atoms with E-state index >= 15 is 0 Å². The summed E-state index contributed by atoms with van der Waals surface area (Å²) >= 11 is 1.40. The number of sulfonamides is 1. The highest BCUT2D eigenvalue weighted by atomic mass is 32.2. The number of carboxylic acids is 1. The van der Waals surface area contributed by atoms with E-state index in [4.69, 9.17) is 5.73 Å². The van der Waals surface area contributed by atoms with Crippen LogP contribution in [0.4, 0.5) is 18.3 Å². The number of halogens is 3. The molecule has 2 aliphatic carbocycles. The number of nitrogens with two attached hydrogens (primary N) is 1. The summed E-state index contributed by atoms with van der Waals surface area (Å²) in [5.74, 6) is 0.352. The van der Waals surface area contributed by atoms with Crippen molar-refractivity contribution in [1.29, 1.82) is 0 Å². The summed E-state index contributed by atoms with van der Waals surface area (Å²) in [6.07, 6.45) is 1.61. The summed E-state index contributed by atoms with van der Waals surface area (Å²) in [6.45, 7) is 0.744. The highest BCUT2D eigenvalue weighted by Gasteiger charge is 2.41. The van der Waals surface area contributed by atoms with Gasteiger partial charge < -0.3 is 20.5 Å². The topological polar surface area (TPSA) is 152 Å². The number of aliphatic carboxylic acids is 1. The Morgan fingerprint density at radius 2 is 1.67 bits per heavy atom. The standard InChI is InChI=1S/C22H23N5O4S2.C8H8F3NO/c28-21(29)17-12-26(22-25-20-18(32-22)11-23-19(24-20)15-3-4-15)9-10-27(17)33(30,31)16-7-5-14(6-8-16)13-1-2-13;9-8(10,11)13-7-3-1-6(5-12)2-4-7/h5-8,11,13,15,17H,1-4,9-10,12H2,(H,28,29);1-4H,5,12H2/t17-;/m1./s1. The van der Waals surface area contributed by atoms with E-state index in [0.29, 0.717) is 35.7 Å². The Balaban J connectivity index is 0.000000242. The Labute approximate surface area is 266 Å². The van der Waals surface area contributed by atoms with E-state index in [1.54, 1.807) is 18.3 Å². The van der Waals surface area contributed by atoms with E-state index < -0.39 is 28.4 Å². The summed E-state index contributed by atoms with van der Waals surface area (Å²) in [7, 11) is -3.93. The maximum absolute atomic E-state index is 13.3. The van der Waals surface area contributed by atoms with Gasteiger partial charge in [-0.25, -0.2) is 18.4 Å². The molecule has 2 aromatic carbocycles. The van der Waals surface area contributed by atoms with Crippen molar-refractivity contribution in [3.05, 3.63) is 71.7 Å². The molecule has 2 saturated carbocycles. The molecule has 0 radical (unpaired) electrons. The molecule has 1 atom stereocenters. The lowest BCUT2D eigenvalue weighted by molar-refractivity contribution is -0.274. The highest BCUT2D eigenvalue weighted by Crippen LogP contribution is 2.41. The van der Waals surface area contributed by atoms with Crippen LogP contribution in [0.3, 0.4) is 0 Å². The third-order valence-electron chi connectivity index (χ3n) is 7.92. The van der Waals surface area contributed by atoms with Gasteiger partial charge in [0.2, 0.25) is 10.0 Å². The van der Waals surface area contributed by atoms with Crippen LogP contribution in [0.1, 0.15) is 54.5 Å². The third-order valence-corrected chi connectivity index (χ3v) is 10.9. The van der Waals surface area contributed by atoms with Crippen molar-refractivity contribution < 1.29 is 36.2 Å². The highest BCUT2D eigenvalue weighted by molar-refractivity contribution is 7.89. The third kappa shape index (κ3) is 7.40. The first-order valence-corrected chi connectivity index (χ1v) is 16.9. The average molecular weight is 677 g/mol. The molecule has 0 spiro atoms. The SMILES string of the molecule is NCc1ccc(OC(F)(F)F)cc1.O=C(O)[C@H]1CN(c2nc3nc(C4CC4)ncc3s2)CCN1S(=O)(=O)c1ccc(C2CC2)cc1. The lowest BCUT2D eigenvalue weighted by Crippen LogP contribution is -2.58. The van der Waals surface area contributed by atoms with Gasteiger partial charge in [-0.15, -0.1) is 13.2 Å². The van der Waals surface area contributed by atoms with Gasteiger partial charge in [-0.3, -0.25) is 4.79 Å². The molecule has 46 heavy (non-hydrogen) atoms. The van der Waals surface area contributed by atoms with Crippen molar-refractivity contribution in [2.24, 2.45) is 5.73 Å². The number of benzene rings is 2. The van der Waals surface area contributed by atoms with Crippen LogP contribution in [-0.4, -0.2) is 70.8 Å². The fraction of sp³-hybridized carbons (Fsp3) is 0.400. The zero-order valence-corrected chi connectivity index (χ0v) is 26.1. The molecule has 3 aliphatic rings. The average Bonchev–Trinajstić information content (AvgIpc) is 3.98. The quantitative estimate of drug-likeness (QED) is 0.265. The number of rotatable bonds is 8. The molecule has 3 N–H and O–H groups in total. The molecule has 16 heteroatoms. The van der Waals surface area contributed by atoms with Gasteiger partial charge in [0.15, 0.2) is 10.8 Å². The second-order valence-electron chi connectivity index (χ2n) is 11.3. The summed E-state index contributed by atoms with van der Waals surface area (Å²) in [4.78, 5) is 27.7. The maximum atomic E-state index is 13.3. The second-order valence-corrected chi connectivity index (χ2v) is 14.2. The molecule has 0 bridgehead atoms. The number of fused-ring (bicyclic) bond motifs is 1. The minimum atomic E-state index is -4.63. The van der Waals surface area contributed by atoms with Gasteiger partial charge in [-0.1, -0.05) is 35.6 Å². The fourth-order valence-electron chi connectivity index (χ4n) is 5.13. The predicted octanol–water partition coefficient (Wildman–Crippen LogP) is 4.85. The Bertz CT molecular complexity index is 1810. The largest absolute Gasteiger partial charge is 0.573 e. The number of hydrogen-bond acceptors (Lipinski definition) is 10. The van der Waals surface area contributed by atoms with Gasteiger partial charge >= 0.3 is 12.3 Å². The van der Waals surface area contributed by atoms with Crippen molar-refractivity contribution >= 4 is 42.8 Å². The van der Waals surface area contributed by atoms with Gasteiger partial charge in [-0.2, -0.15) is 9.29 Å². The molecule has 0 unspecified atom stereocenters. The number of thiazole rings is 1. The van der Waals surface area contributed by atoms with Gasteiger partial charge in [0.05, 0.1) is 15.8 Å². The second kappa shape index (κ2) is 12.7. The smallest absolute Gasteiger partial charge is 0.480 e. The van der Waals surface area contributed by atoms with E-state index in [9.17, 15) is 31.5 Å². The Hall–Kier alpha value is -3.86. The fourth-order valence-corrected chi connectivity index (χ4v) is 7.61. The molecule has 244 valence electrons. The first-order chi connectivity index (χ1) is 21.9. The number of anilines is 1. The van der Waals surface area contributed by atoms with Crippen LogP contribution in [-0.2, 0) is 21.4 Å². The van der Waals surface area contributed by atoms with Crippen molar-refractivity contribution in [2.45, 2.75) is 61.4 Å². The van der Waals surface area contributed by atoms with Crippen LogP contribution in [0.15, 0.2) is 59.6 Å². The van der Waals surface area contributed by atoms with Crippen LogP contribution >= 0.6 is 11.3 Å². The molecule has 4 aromatic rings. The van der Waals surface area contributed by atoms with Gasteiger partial charge in [0.25, 0.3) is 0 Å². The molecule has 0 amide bonds. The van der Waals surface area contributed by atoms with Crippen LogP contribution < -0.4 is 15.4 Å². The van der Waals surface area contributed by atoms with Crippen LogP contribution in [0, 0.1) is 0 Å². The first kappa shape index (κ1) is 32.1. The van der Waals surface area contributed by atoms with E-state index in [0.717, 1.165) is 51.6 Å². The van der Waals surface area contributed by atoms with Gasteiger partial charge in [-0.05, 0) is 67.0 Å². The van der Waals surface area contributed by atoms with Crippen LogP contribution in [0.25, 0.3) is 10.3 Å². The van der Waals surface area contributed by atoms with Crippen molar-refractivity contribution in [3.8, 4) is 5.75 Å². The van der Waals surface area contributed by atoms with Crippen molar-refractivity contribution in [1.82, 2.24) is 19.3 Å². The molecular weight excluding hydrogens is 645 g/mol. The number of carbonyl (C=O) groups is 1. The summed E-state index contributed by atoms with van der Waals surface area (Å²) in [6, 6.07) is 11.1. The predicted molar refractivity (Wildman–Crippen MR) is 164 cm³/mol. The number of piperazine rings is 1. The summed E-state index contributed by atoms with van der Waals surface area (Å²) in [5, 5.41) is 10.5. The number of nitrogens with zero attached hydrogens (tertiary/aromatic N) is 5. The Kier molecular flexibility index (Phi) is 8.89. The lowest BCUT2D eigenvalue weighted by atomic mass is 10.1. The number of hydrogen-bond donors (Lipinski definition) is 2. The zero-order valence-electron chi connectivity index (χ0n) is 24.4. The number of carboxylic acid groups (broad SMARTS) is 1. The minimum absolute atomic E-state index is 0.0253. The molecule has 7 rings (SSSR count). The van der Waals surface area contributed by atoms with Crippen molar-refractivity contribution in [3.63, 3.8) is 0 Å². The van der Waals surface area contributed by atoms with Crippen LogP contribution in [0.5, 0.6) is 5.75 Å². The monoisotopic (exact) mass is 676 g/mol. The lowest BCUT2D eigenvalue weighted by Gasteiger charge is -2.38. The maximum Gasteiger partial charge on any atom is 0.573 e. The molecule has 2 aromatic heterocycles. The molecule has 3 fully saturated rings. The van der Waals surface area contributed by atoms with E-state index in [1.165, 1.54) is 35.6 Å². The minimum Gasteiger partial charge on any atom is -0.480 e. The van der Waals surface area contributed by atoms with E-state index in [1.807, 2.05) is 17.0 Å². The Morgan fingerprint density at radius 3 is 2.26 bits per heavy atom. The summed E-state index contributed by atoms with van der Waals surface area (Å²) in [5.41, 5.74) is 7.77. The number of aromatic nitrogens is 3. The van der Waals surface area contributed by atoms with Gasteiger partial charge in [0.1, 0.15) is 17.6 Å².